The molecule has 0 amide bonds. The van der Waals surface area contributed by atoms with Gasteiger partial charge in [-0.1, -0.05) is 31.4 Å². The summed E-state index contributed by atoms with van der Waals surface area (Å²) in [6.45, 7) is 4.47. The Labute approximate surface area is 154 Å². The Morgan fingerprint density at radius 3 is 2.70 bits per heavy atom. The van der Waals surface area contributed by atoms with Crippen LogP contribution in [0.4, 0.5) is 0 Å². The first-order valence-corrected chi connectivity index (χ1v) is 8.98. The molecule has 0 atom stereocenters. The van der Waals surface area contributed by atoms with E-state index >= 15 is 0 Å². The van der Waals surface area contributed by atoms with Crippen molar-refractivity contribution in [2.75, 3.05) is 19.6 Å². The lowest BCUT2D eigenvalue weighted by atomic mass is 9.79. The maximum absolute atomic E-state index is 4.84. The number of aromatic nitrogens is 1. The molecule has 1 aromatic carbocycles. The van der Waals surface area contributed by atoms with Gasteiger partial charge in [0.05, 0.1) is 16.8 Å². The number of fused-ring (bicyclic) bond motifs is 1. The lowest BCUT2D eigenvalue weighted by molar-refractivity contribution is 0.0209. The van der Waals surface area contributed by atoms with Gasteiger partial charge in [-0.05, 0) is 25.0 Å². The molecule has 1 saturated carbocycles. The van der Waals surface area contributed by atoms with Crippen LogP contribution in [0, 0.1) is 0 Å². The fourth-order valence-corrected chi connectivity index (χ4v) is 4.97. The molecular weight excluding hydrogens is 349 g/mol. The van der Waals surface area contributed by atoms with Crippen LogP contribution < -0.4 is 5.32 Å². The van der Waals surface area contributed by atoms with E-state index in [0.29, 0.717) is 5.54 Å². The Balaban J connectivity index is 0.000000960. The molecular formula is C17H25Cl2N3S. The third-order valence-corrected chi connectivity index (χ3v) is 6.15. The average molecular weight is 374 g/mol. The first-order valence-electron chi connectivity index (χ1n) is 8.16. The van der Waals surface area contributed by atoms with Gasteiger partial charge in [0.2, 0.25) is 0 Å². The number of halogens is 2. The van der Waals surface area contributed by atoms with E-state index < -0.39 is 0 Å². The highest BCUT2D eigenvalue weighted by molar-refractivity contribution is 7.18. The fraction of sp³-hybridized carbons (Fsp3) is 0.588. The van der Waals surface area contributed by atoms with E-state index in [0.717, 1.165) is 31.7 Å². The van der Waals surface area contributed by atoms with Crippen LogP contribution in [0.5, 0.6) is 0 Å². The van der Waals surface area contributed by atoms with Crippen LogP contribution in [-0.4, -0.2) is 35.1 Å². The third kappa shape index (κ3) is 3.83. The van der Waals surface area contributed by atoms with Crippen LogP contribution in [-0.2, 0) is 6.54 Å². The summed E-state index contributed by atoms with van der Waals surface area (Å²) < 4.78 is 1.32. The van der Waals surface area contributed by atoms with Crippen molar-refractivity contribution in [2.45, 2.75) is 44.2 Å². The predicted octanol–water partition coefficient (Wildman–Crippen LogP) is 4.25. The molecule has 128 valence electrons. The van der Waals surface area contributed by atoms with Crippen molar-refractivity contribution in [1.82, 2.24) is 15.2 Å². The molecule has 2 fully saturated rings. The molecule has 2 aliphatic rings. The van der Waals surface area contributed by atoms with E-state index in [2.05, 4.69) is 34.5 Å². The Morgan fingerprint density at radius 1 is 1.13 bits per heavy atom. The maximum Gasteiger partial charge on any atom is 0.108 e. The number of rotatable bonds is 2. The second-order valence-electron chi connectivity index (χ2n) is 6.46. The Morgan fingerprint density at radius 2 is 1.91 bits per heavy atom. The van der Waals surface area contributed by atoms with Gasteiger partial charge < -0.3 is 5.32 Å². The summed E-state index contributed by atoms with van der Waals surface area (Å²) in [5.41, 5.74) is 1.55. The number of nitrogens with one attached hydrogen (secondary N) is 1. The zero-order valence-corrected chi connectivity index (χ0v) is 15.7. The first kappa shape index (κ1) is 18.9. The molecule has 2 aromatic rings. The van der Waals surface area contributed by atoms with Gasteiger partial charge in [0.15, 0.2) is 0 Å². The van der Waals surface area contributed by atoms with Gasteiger partial charge in [0.25, 0.3) is 0 Å². The van der Waals surface area contributed by atoms with Crippen molar-refractivity contribution in [2.24, 2.45) is 0 Å². The van der Waals surface area contributed by atoms with Crippen molar-refractivity contribution in [3.8, 4) is 0 Å². The molecule has 1 N–H and O–H groups in total. The van der Waals surface area contributed by atoms with Gasteiger partial charge in [0.1, 0.15) is 5.01 Å². The number of benzene rings is 1. The highest BCUT2D eigenvalue weighted by Gasteiger charge is 2.39. The molecule has 1 aliphatic carbocycles. The van der Waals surface area contributed by atoms with E-state index in [4.69, 9.17) is 4.98 Å². The molecule has 1 spiro atoms. The Bertz CT molecular complexity index is 584. The number of hydrogen-bond acceptors (Lipinski definition) is 4. The standard InChI is InChI=1S/C17H23N3S.2ClH/c1-4-8-17(9-5-1)13-18-10-11-20(17)12-16-19-14-6-2-3-7-15(14)21-16;;/h2-3,6-7,18H,1,4-5,8-13H2;2*1H. The van der Waals surface area contributed by atoms with E-state index in [1.54, 1.807) is 0 Å². The molecule has 23 heavy (non-hydrogen) atoms. The molecule has 6 heteroatoms. The van der Waals surface area contributed by atoms with E-state index in [9.17, 15) is 0 Å². The summed E-state index contributed by atoms with van der Waals surface area (Å²) in [4.78, 5) is 7.56. The van der Waals surface area contributed by atoms with Gasteiger partial charge in [-0.3, -0.25) is 4.90 Å². The highest BCUT2D eigenvalue weighted by Crippen LogP contribution is 2.36. The van der Waals surface area contributed by atoms with Crippen LogP contribution >= 0.6 is 36.2 Å². The smallest absolute Gasteiger partial charge is 0.108 e. The van der Waals surface area contributed by atoms with Crippen molar-refractivity contribution in [3.63, 3.8) is 0 Å². The molecule has 3 nitrogen and oxygen atoms in total. The lowest BCUT2D eigenvalue weighted by Gasteiger charge is -2.49. The molecule has 0 unspecified atom stereocenters. The molecule has 0 radical (unpaired) electrons. The minimum absolute atomic E-state index is 0. The van der Waals surface area contributed by atoms with Gasteiger partial charge >= 0.3 is 0 Å². The number of para-hydroxylation sites is 1. The van der Waals surface area contributed by atoms with Crippen molar-refractivity contribution in [1.29, 1.82) is 0 Å². The predicted molar refractivity (Wildman–Crippen MR) is 103 cm³/mol. The highest BCUT2D eigenvalue weighted by atomic mass is 35.5. The molecule has 2 heterocycles. The lowest BCUT2D eigenvalue weighted by Crippen LogP contribution is -2.61. The van der Waals surface area contributed by atoms with Crippen molar-refractivity contribution >= 4 is 46.4 Å². The second kappa shape index (κ2) is 8.13. The number of nitrogens with zero attached hydrogens (tertiary/aromatic N) is 2. The SMILES string of the molecule is Cl.Cl.c1ccc2sc(CN3CCNCC34CCCCC4)nc2c1. The van der Waals surface area contributed by atoms with Gasteiger partial charge in [-0.25, -0.2) is 4.98 Å². The van der Waals surface area contributed by atoms with Gasteiger partial charge in [-0.2, -0.15) is 0 Å². The van der Waals surface area contributed by atoms with Crippen LogP contribution in [0.3, 0.4) is 0 Å². The topological polar surface area (TPSA) is 28.2 Å². The van der Waals surface area contributed by atoms with E-state index in [-0.39, 0.29) is 24.8 Å². The number of hydrogen-bond donors (Lipinski definition) is 1. The minimum Gasteiger partial charge on any atom is -0.314 e. The van der Waals surface area contributed by atoms with E-state index in [1.165, 1.54) is 41.8 Å². The van der Waals surface area contributed by atoms with Gasteiger partial charge in [0, 0.05) is 25.2 Å². The zero-order chi connectivity index (χ0) is 14.1. The monoisotopic (exact) mass is 373 g/mol. The van der Waals surface area contributed by atoms with Crippen LogP contribution in [0.25, 0.3) is 10.2 Å². The largest absolute Gasteiger partial charge is 0.314 e. The normalized spacial score (nSPS) is 20.9. The van der Waals surface area contributed by atoms with Crippen LogP contribution in [0.1, 0.15) is 37.1 Å². The quantitative estimate of drug-likeness (QED) is 0.852. The first-order chi connectivity index (χ1) is 10.4. The summed E-state index contributed by atoms with van der Waals surface area (Å²) >= 11 is 1.87. The van der Waals surface area contributed by atoms with Crippen LogP contribution in [0.2, 0.25) is 0 Å². The zero-order valence-electron chi connectivity index (χ0n) is 13.3. The van der Waals surface area contributed by atoms with Gasteiger partial charge in [-0.15, -0.1) is 36.2 Å². The molecule has 1 aromatic heterocycles. The second-order valence-corrected chi connectivity index (χ2v) is 7.57. The minimum atomic E-state index is 0. The maximum atomic E-state index is 4.84. The van der Waals surface area contributed by atoms with E-state index in [1.807, 2.05) is 11.3 Å². The molecule has 4 rings (SSSR count). The Hall–Kier alpha value is -0.390. The summed E-state index contributed by atoms with van der Waals surface area (Å²) in [5.74, 6) is 0. The molecule has 1 saturated heterocycles. The van der Waals surface area contributed by atoms with Crippen molar-refractivity contribution < 1.29 is 0 Å². The number of thiazole rings is 1. The number of piperazine rings is 1. The summed E-state index contributed by atoms with van der Waals surface area (Å²) in [6, 6.07) is 8.51. The Kier molecular flexibility index (Phi) is 6.69. The summed E-state index contributed by atoms with van der Waals surface area (Å²) in [7, 11) is 0. The summed E-state index contributed by atoms with van der Waals surface area (Å²) in [5, 5.41) is 4.91. The average Bonchev–Trinajstić information content (AvgIpc) is 2.93. The van der Waals surface area contributed by atoms with Crippen molar-refractivity contribution in [3.05, 3.63) is 29.3 Å². The van der Waals surface area contributed by atoms with Crippen LogP contribution in [0.15, 0.2) is 24.3 Å². The third-order valence-electron chi connectivity index (χ3n) is 5.13. The summed E-state index contributed by atoms with van der Waals surface area (Å²) in [6.07, 6.45) is 6.89. The fourth-order valence-electron chi connectivity index (χ4n) is 3.98. The molecule has 1 aliphatic heterocycles. The molecule has 0 bridgehead atoms.